The molecule has 8 atom stereocenters. The standard InChI is InChI=1S/C36H41N3O8/c1-23(21-40)39-32-34(43)38(20-24-12-6-3-7-13-24)19-11-5-10-16-28(41)37-26(22-45-2)31(25-14-8-4-9-15-25)46-35(44)29-27-17-18-36(32,47-27)30(29)33(39)42/h3-9,11-15,17-18,23,26-27,29-32,40H,10,16,19-22H2,1-2H3,(H,37,41)/b11-5-/t23-,26-,27+,29-,30-,31-,32+,36-/m1/s1. The highest BCUT2D eigenvalue weighted by atomic mass is 16.6. The van der Waals surface area contributed by atoms with E-state index in [-0.39, 0.29) is 44.5 Å². The Morgan fingerprint density at radius 3 is 2.45 bits per heavy atom. The largest absolute Gasteiger partial charge is 0.455 e. The summed E-state index contributed by atoms with van der Waals surface area (Å²) in [6, 6.07) is 16.0. The summed E-state index contributed by atoms with van der Waals surface area (Å²) in [5.41, 5.74) is 0.110. The van der Waals surface area contributed by atoms with Crippen molar-refractivity contribution in [3.05, 3.63) is 96.1 Å². The highest BCUT2D eigenvalue weighted by Gasteiger charge is 2.74. The number of aliphatic hydroxyl groups excluding tert-OH is 1. The number of carbonyl (C=O) groups is 4. The molecule has 4 aliphatic heterocycles. The molecule has 3 amide bonds. The second kappa shape index (κ2) is 13.8. The lowest BCUT2D eigenvalue weighted by atomic mass is 9.74. The van der Waals surface area contributed by atoms with E-state index in [4.69, 9.17) is 14.2 Å². The van der Waals surface area contributed by atoms with E-state index in [2.05, 4.69) is 5.32 Å². The highest BCUT2D eigenvalue weighted by Crippen LogP contribution is 2.56. The summed E-state index contributed by atoms with van der Waals surface area (Å²) in [5.74, 6) is -3.85. The predicted molar refractivity (Wildman–Crippen MR) is 170 cm³/mol. The first kappa shape index (κ1) is 32.6. The zero-order valence-electron chi connectivity index (χ0n) is 26.6. The van der Waals surface area contributed by atoms with Crippen molar-refractivity contribution in [1.82, 2.24) is 15.1 Å². The maximum absolute atomic E-state index is 14.7. The topological polar surface area (TPSA) is 135 Å². The molecule has 4 aliphatic rings. The number of allylic oxidation sites excluding steroid dienone is 1. The van der Waals surface area contributed by atoms with Crippen LogP contribution < -0.4 is 5.32 Å². The molecule has 0 radical (unpaired) electrons. The van der Waals surface area contributed by atoms with E-state index >= 15 is 0 Å². The Kier molecular flexibility index (Phi) is 9.58. The van der Waals surface area contributed by atoms with Gasteiger partial charge >= 0.3 is 5.97 Å². The van der Waals surface area contributed by atoms with Gasteiger partial charge in [-0.25, -0.2) is 0 Å². The van der Waals surface area contributed by atoms with Gasteiger partial charge in [0.2, 0.25) is 17.7 Å². The first-order chi connectivity index (χ1) is 22.8. The number of benzene rings is 2. The third kappa shape index (κ3) is 6.10. The molecule has 0 aliphatic carbocycles. The zero-order chi connectivity index (χ0) is 33.1. The van der Waals surface area contributed by atoms with Gasteiger partial charge in [0, 0.05) is 26.6 Å². The van der Waals surface area contributed by atoms with Crippen LogP contribution in [0.5, 0.6) is 0 Å². The summed E-state index contributed by atoms with van der Waals surface area (Å²) < 4.78 is 18.2. The monoisotopic (exact) mass is 643 g/mol. The molecular formula is C36H41N3O8. The van der Waals surface area contributed by atoms with Gasteiger partial charge in [-0.2, -0.15) is 0 Å². The van der Waals surface area contributed by atoms with E-state index in [1.807, 2.05) is 60.7 Å². The summed E-state index contributed by atoms with van der Waals surface area (Å²) in [4.78, 5) is 59.5. The number of cyclic esters (lactones) is 1. The Bertz CT molecular complexity index is 1530. The fourth-order valence-corrected chi connectivity index (χ4v) is 7.35. The molecule has 6 rings (SSSR count). The third-order valence-electron chi connectivity index (χ3n) is 9.54. The number of hydrogen-bond acceptors (Lipinski definition) is 8. The van der Waals surface area contributed by atoms with Crippen LogP contribution in [-0.4, -0.2) is 95.3 Å². The molecule has 2 aromatic rings. The first-order valence-electron chi connectivity index (χ1n) is 16.1. The van der Waals surface area contributed by atoms with Crippen molar-refractivity contribution < 1.29 is 38.5 Å². The summed E-state index contributed by atoms with van der Waals surface area (Å²) in [5, 5.41) is 13.2. The number of aliphatic hydroxyl groups is 1. The van der Waals surface area contributed by atoms with Crippen molar-refractivity contribution in [3.8, 4) is 0 Å². The zero-order valence-corrected chi connectivity index (χ0v) is 26.6. The van der Waals surface area contributed by atoms with E-state index in [1.54, 1.807) is 36.1 Å². The van der Waals surface area contributed by atoms with Gasteiger partial charge in [-0.05, 0) is 24.5 Å². The van der Waals surface area contributed by atoms with Gasteiger partial charge in [-0.15, -0.1) is 0 Å². The van der Waals surface area contributed by atoms with Gasteiger partial charge < -0.3 is 34.4 Å². The van der Waals surface area contributed by atoms with E-state index < -0.39 is 59.6 Å². The summed E-state index contributed by atoms with van der Waals surface area (Å²) in [6.07, 6.45) is 6.01. The molecule has 0 aromatic heterocycles. The third-order valence-corrected chi connectivity index (χ3v) is 9.54. The van der Waals surface area contributed by atoms with Crippen molar-refractivity contribution in [2.45, 2.75) is 62.2 Å². The molecule has 2 aromatic carbocycles. The van der Waals surface area contributed by atoms with E-state index in [1.165, 1.54) is 12.0 Å². The number of esters is 1. The molecule has 11 nitrogen and oxygen atoms in total. The minimum Gasteiger partial charge on any atom is -0.455 e. The lowest BCUT2D eigenvalue weighted by Crippen LogP contribution is -2.57. The van der Waals surface area contributed by atoms with Gasteiger partial charge in [0.15, 0.2) is 0 Å². The Labute approximate surface area is 274 Å². The smallest absolute Gasteiger partial charge is 0.313 e. The van der Waals surface area contributed by atoms with Crippen molar-refractivity contribution in [3.63, 3.8) is 0 Å². The molecule has 2 saturated heterocycles. The number of carbonyl (C=O) groups excluding carboxylic acids is 4. The second-order valence-electron chi connectivity index (χ2n) is 12.6. The first-order valence-corrected chi connectivity index (χ1v) is 16.1. The summed E-state index contributed by atoms with van der Waals surface area (Å²) >= 11 is 0. The SMILES string of the molecule is COC[C@H]1NC(=O)CC/C=C\CN(Cc2ccccc2)C(=O)[C@@H]2N([C@H](C)CO)C(=O)[C@H]3[C@H](C(=O)O[C@@H]1c1ccccc1)[C@@H]1C=C[C@]23O1. The van der Waals surface area contributed by atoms with Crippen molar-refractivity contribution >= 4 is 23.7 Å². The van der Waals surface area contributed by atoms with Gasteiger partial charge in [-0.3, -0.25) is 19.2 Å². The van der Waals surface area contributed by atoms with E-state index in [0.717, 1.165) is 5.56 Å². The lowest BCUT2D eigenvalue weighted by molar-refractivity contribution is -0.162. The van der Waals surface area contributed by atoms with Gasteiger partial charge in [-0.1, -0.05) is 85.0 Å². The minimum absolute atomic E-state index is 0.0675. The van der Waals surface area contributed by atoms with Crippen LogP contribution in [-0.2, 0) is 39.9 Å². The second-order valence-corrected chi connectivity index (χ2v) is 12.6. The molecule has 47 heavy (non-hydrogen) atoms. The number of rotatable bonds is 7. The average molecular weight is 644 g/mol. The predicted octanol–water partition coefficient (Wildman–Crippen LogP) is 2.31. The summed E-state index contributed by atoms with van der Waals surface area (Å²) in [6.45, 7) is 1.83. The van der Waals surface area contributed by atoms with E-state index in [0.29, 0.717) is 12.0 Å². The van der Waals surface area contributed by atoms with E-state index in [9.17, 15) is 24.3 Å². The number of amides is 3. The maximum atomic E-state index is 14.7. The molecule has 5 bridgehead atoms. The van der Waals surface area contributed by atoms with Crippen LogP contribution in [0.1, 0.15) is 37.0 Å². The van der Waals surface area contributed by atoms with Crippen molar-refractivity contribution in [2.75, 3.05) is 26.9 Å². The highest BCUT2D eigenvalue weighted by molar-refractivity contribution is 5.99. The van der Waals surface area contributed by atoms with Crippen LogP contribution in [0.4, 0.5) is 0 Å². The molecule has 0 saturated carbocycles. The fraction of sp³-hybridized carbons (Fsp3) is 0.444. The number of hydrogen-bond donors (Lipinski definition) is 2. The average Bonchev–Trinajstić information content (AvgIpc) is 3.73. The van der Waals surface area contributed by atoms with Crippen LogP contribution in [0.2, 0.25) is 0 Å². The number of likely N-dealkylation sites (tertiary alicyclic amines) is 1. The number of ether oxygens (including phenoxy) is 3. The molecule has 2 fully saturated rings. The number of methoxy groups -OCH3 is 1. The van der Waals surface area contributed by atoms with Crippen LogP contribution in [0.25, 0.3) is 0 Å². The van der Waals surface area contributed by atoms with Crippen LogP contribution in [0.3, 0.4) is 0 Å². The van der Waals surface area contributed by atoms with Crippen LogP contribution in [0, 0.1) is 11.8 Å². The Balaban J connectivity index is 1.43. The molecule has 4 heterocycles. The van der Waals surface area contributed by atoms with Gasteiger partial charge in [0.1, 0.15) is 23.7 Å². The maximum Gasteiger partial charge on any atom is 0.313 e. The van der Waals surface area contributed by atoms with Crippen LogP contribution in [0.15, 0.2) is 85.0 Å². The number of fused-ring (bicyclic) bond motifs is 2. The molecule has 11 heteroatoms. The Morgan fingerprint density at radius 1 is 1.02 bits per heavy atom. The number of nitrogens with zero attached hydrogens (tertiary/aromatic N) is 2. The van der Waals surface area contributed by atoms with Gasteiger partial charge in [0.25, 0.3) is 0 Å². The Morgan fingerprint density at radius 2 is 1.74 bits per heavy atom. The quantitative estimate of drug-likeness (QED) is 0.347. The fourth-order valence-electron chi connectivity index (χ4n) is 7.35. The summed E-state index contributed by atoms with van der Waals surface area (Å²) in [7, 11) is 1.51. The van der Waals surface area contributed by atoms with Crippen molar-refractivity contribution in [2.24, 2.45) is 11.8 Å². The lowest BCUT2D eigenvalue weighted by Gasteiger charge is -2.37. The molecule has 248 valence electrons. The number of nitrogens with one attached hydrogen (secondary N) is 1. The molecular weight excluding hydrogens is 602 g/mol. The van der Waals surface area contributed by atoms with Gasteiger partial charge in [0.05, 0.1) is 37.3 Å². The molecule has 0 unspecified atom stereocenters. The minimum atomic E-state index is -1.43. The Hall–Kier alpha value is -4.32. The van der Waals surface area contributed by atoms with Crippen molar-refractivity contribution in [1.29, 1.82) is 0 Å². The van der Waals surface area contributed by atoms with Crippen LogP contribution >= 0.6 is 0 Å². The normalized spacial score (nSPS) is 32.2. The molecule has 2 N–H and O–H groups in total. The molecule has 1 spiro atoms.